The number of nitrogens with zero attached hydrogens (tertiary/aromatic N) is 4. The molecule has 0 aliphatic carbocycles. The van der Waals surface area contributed by atoms with Gasteiger partial charge in [0.2, 0.25) is 0 Å². The molecule has 0 spiro atoms. The molecular weight excluding hydrogens is 288 g/mol. The van der Waals surface area contributed by atoms with Crippen LogP contribution in [0.25, 0.3) is 16.3 Å². The van der Waals surface area contributed by atoms with Crippen molar-refractivity contribution in [2.24, 2.45) is 0 Å². The Balaban J connectivity index is 2.34. The number of aromatic carboxylic acids is 1. The highest BCUT2D eigenvalue weighted by Crippen LogP contribution is 2.32. The summed E-state index contributed by atoms with van der Waals surface area (Å²) in [6, 6.07) is 9.43. The molecule has 0 saturated heterocycles. The van der Waals surface area contributed by atoms with E-state index >= 15 is 0 Å². The number of aryl methyl sites for hydroxylation is 2. The van der Waals surface area contributed by atoms with Crippen molar-refractivity contribution >= 4 is 17.5 Å². The van der Waals surface area contributed by atoms with Crippen LogP contribution in [0, 0.1) is 13.8 Å². The van der Waals surface area contributed by atoms with E-state index in [2.05, 4.69) is 14.7 Å². The summed E-state index contributed by atoms with van der Waals surface area (Å²) in [4.78, 5) is 12.3. The topological polar surface area (TPSA) is 80.9 Å². The van der Waals surface area contributed by atoms with Gasteiger partial charge in [0.15, 0.2) is 0 Å². The molecule has 3 aromatic rings. The number of aromatic nitrogens is 4. The van der Waals surface area contributed by atoms with Crippen molar-refractivity contribution in [1.82, 2.24) is 19.4 Å². The van der Waals surface area contributed by atoms with Crippen LogP contribution in [0.1, 0.15) is 21.7 Å². The van der Waals surface area contributed by atoms with Crippen molar-refractivity contribution in [3.8, 4) is 16.3 Å². The first-order valence-electron chi connectivity index (χ1n) is 6.27. The van der Waals surface area contributed by atoms with Crippen molar-refractivity contribution in [1.29, 1.82) is 0 Å². The minimum Gasteiger partial charge on any atom is -0.478 e. The standard InChI is InChI=1S/C14H12N4O2S/c1-8-11(14(19)20)12(13-9(2)15-17-21-13)18(16-8)10-6-4-3-5-7-10/h3-7H,1-2H3,(H,19,20). The van der Waals surface area contributed by atoms with Gasteiger partial charge in [0.05, 0.1) is 22.0 Å². The van der Waals surface area contributed by atoms with Crippen molar-refractivity contribution in [3.63, 3.8) is 0 Å². The molecule has 0 radical (unpaired) electrons. The molecule has 1 aromatic carbocycles. The number of benzene rings is 1. The van der Waals surface area contributed by atoms with Crippen LogP contribution in [0.5, 0.6) is 0 Å². The second-order valence-electron chi connectivity index (χ2n) is 4.55. The van der Waals surface area contributed by atoms with Crippen LogP contribution in [0.4, 0.5) is 0 Å². The van der Waals surface area contributed by atoms with Gasteiger partial charge in [-0.1, -0.05) is 22.7 Å². The Bertz CT molecular complexity index is 808. The Labute approximate surface area is 124 Å². The number of rotatable bonds is 3. The van der Waals surface area contributed by atoms with Crippen LogP contribution in [-0.2, 0) is 0 Å². The van der Waals surface area contributed by atoms with Crippen molar-refractivity contribution in [2.75, 3.05) is 0 Å². The van der Waals surface area contributed by atoms with Gasteiger partial charge in [0.25, 0.3) is 0 Å². The average Bonchev–Trinajstić information content (AvgIpc) is 3.02. The zero-order valence-electron chi connectivity index (χ0n) is 11.4. The van der Waals surface area contributed by atoms with Crippen LogP contribution in [-0.4, -0.2) is 30.4 Å². The molecule has 2 aromatic heterocycles. The van der Waals surface area contributed by atoms with E-state index in [4.69, 9.17) is 0 Å². The van der Waals surface area contributed by atoms with Crippen LogP contribution in [0.15, 0.2) is 30.3 Å². The molecule has 0 amide bonds. The summed E-state index contributed by atoms with van der Waals surface area (Å²) < 4.78 is 5.54. The third-order valence-corrected chi connectivity index (χ3v) is 3.98. The summed E-state index contributed by atoms with van der Waals surface area (Å²) >= 11 is 1.17. The maximum absolute atomic E-state index is 11.6. The SMILES string of the molecule is Cc1nnsc1-c1c(C(=O)O)c(C)nn1-c1ccccc1. The predicted molar refractivity (Wildman–Crippen MR) is 78.9 cm³/mol. The Kier molecular flexibility index (Phi) is 3.26. The highest BCUT2D eigenvalue weighted by atomic mass is 32.1. The fourth-order valence-electron chi connectivity index (χ4n) is 2.20. The van der Waals surface area contributed by atoms with Gasteiger partial charge >= 0.3 is 5.97 Å². The van der Waals surface area contributed by atoms with Gasteiger partial charge in [0.1, 0.15) is 11.3 Å². The zero-order chi connectivity index (χ0) is 15.0. The first kappa shape index (κ1) is 13.4. The fourth-order valence-corrected chi connectivity index (χ4v) is 2.89. The maximum Gasteiger partial charge on any atom is 0.339 e. The molecule has 0 atom stereocenters. The molecule has 6 nitrogen and oxygen atoms in total. The van der Waals surface area contributed by atoms with Crippen LogP contribution in [0.2, 0.25) is 0 Å². The molecule has 3 rings (SSSR count). The van der Waals surface area contributed by atoms with Gasteiger partial charge in [-0.2, -0.15) is 5.10 Å². The lowest BCUT2D eigenvalue weighted by Crippen LogP contribution is -2.03. The van der Waals surface area contributed by atoms with Crippen LogP contribution in [0.3, 0.4) is 0 Å². The Morgan fingerprint density at radius 1 is 1.19 bits per heavy atom. The molecule has 21 heavy (non-hydrogen) atoms. The van der Waals surface area contributed by atoms with Gasteiger partial charge in [-0.05, 0) is 37.5 Å². The van der Waals surface area contributed by atoms with E-state index in [9.17, 15) is 9.90 Å². The summed E-state index contributed by atoms with van der Waals surface area (Å²) in [5.41, 5.74) is 2.68. The lowest BCUT2D eigenvalue weighted by Gasteiger charge is -2.06. The molecule has 1 N–H and O–H groups in total. The summed E-state index contributed by atoms with van der Waals surface area (Å²) in [5.74, 6) is -1.00. The normalized spacial score (nSPS) is 10.8. The first-order valence-corrected chi connectivity index (χ1v) is 7.04. The van der Waals surface area contributed by atoms with Crippen molar-refractivity contribution < 1.29 is 9.90 Å². The van der Waals surface area contributed by atoms with Gasteiger partial charge in [-0.15, -0.1) is 5.10 Å². The average molecular weight is 300 g/mol. The third kappa shape index (κ3) is 2.21. The molecule has 106 valence electrons. The quantitative estimate of drug-likeness (QED) is 0.804. The molecule has 7 heteroatoms. The molecule has 0 aliphatic rings. The third-order valence-electron chi connectivity index (χ3n) is 3.14. The second kappa shape index (κ2) is 5.10. The van der Waals surface area contributed by atoms with Crippen molar-refractivity contribution in [2.45, 2.75) is 13.8 Å². The first-order chi connectivity index (χ1) is 10.1. The maximum atomic E-state index is 11.6. The molecule has 2 heterocycles. The monoisotopic (exact) mass is 300 g/mol. The highest BCUT2D eigenvalue weighted by Gasteiger charge is 2.25. The highest BCUT2D eigenvalue weighted by molar-refractivity contribution is 7.09. The largest absolute Gasteiger partial charge is 0.478 e. The van der Waals surface area contributed by atoms with Gasteiger partial charge in [-0.3, -0.25) is 0 Å². The summed E-state index contributed by atoms with van der Waals surface area (Å²) in [7, 11) is 0. The van der Waals surface area contributed by atoms with Crippen molar-refractivity contribution in [3.05, 3.63) is 47.3 Å². The number of carbonyl (C=O) groups is 1. The van der Waals surface area contributed by atoms with E-state index in [0.717, 1.165) is 10.6 Å². The van der Waals surface area contributed by atoms with Crippen LogP contribution >= 0.6 is 11.5 Å². The van der Waals surface area contributed by atoms with Crippen LogP contribution < -0.4 is 0 Å². The summed E-state index contributed by atoms with van der Waals surface area (Å²) in [5, 5.41) is 17.9. The Hall–Kier alpha value is -2.54. The minimum atomic E-state index is -1.00. The number of hydrogen-bond acceptors (Lipinski definition) is 5. The smallest absolute Gasteiger partial charge is 0.339 e. The molecular formula is C14H12N4O2S. The number of carboxylic acid groups (broad SMARTS) is 1. The zero-order valence-corrected chi connectivity index (χ0v) is 12.3. The Morgan fingerprint density at radius 2 is 1.90 bits per heavy atom. The molecule has 0 unspecified atom stereocenters. The van der Waals surface area contributed by atoms with Gasteiger partial charge in [0, 0.05) is 0 Å². The summed E-state index contributed by atoms with van der Waals surface area (Å²) in [6.07, 6.45) is 0. The number of para-hydroxylation sites is 1. The van der Waals surface area contributed by atoms with E-state index in [1.54, 1.807) is 11.6 Å². The van der Waals surface area contributed by atoms with E-state index in [1.807, 2.05) is 37.3 Å². The fraction of sp³-hybridized carbons (Fsp3) is 0.143. The van der Waals surface area contributed by atoms with E-state index in [1.165, 1.54) is 11.5 Å². The van der Waals surface area contributed by atoms with Gasteiger partial charge in [-0.25, -0.2) is 9.48 Å². The van der Waals surface area contributed by atoms with Gasteiger partial charge < -0.3 is 5.11 Å². The lowest BCUT2D eigenvalue weighted by molar-refractivity contribution is 0.0697. The Morgan fingerprint density at radius 3 is 2.48 bits per heavy atom. The molecule has 0 bridgehead atoms. The molecule has 0 aliphatic heterocycles. The van der Waals surface area contributed by atoms with E-state index < -0.39 is 5.97 Å². The predicted octanol–water partition coefficient (Wildman–Crippen LogP) is 2.71. The summed E-state index contributed by atoms with van der Waals surface area (Å²) in [6.45, 7) is 3.50. The van der Waals surface area contributed by atoms with E-state index in [-0.39, 0.29) is 5.56 Å². The number of carboxylic acids is 1. The number of hydrogen-bond donors (Lipinski definition) is 1. The lowest BCUT2D eigenvalue weighted by atomic mass is 10.1. The second-order valence-corrected chi connectivity index (χ2v) is 5.30. The molecule has 0 saturated carbocycles. The molecule has 0 fully saturated rings. The van der Waals surface area contributed by atoms with E-state index in [0.29, 0.717) is 17.1 Å². The minimum absolute atomic E-state index is 0.188.